The summed E-state index contributed by atoms with van der Waals surface area (Å²) in [6.07, 6.45) is 3.78. The molecule has 13 nitrogen and oxygen atoms in total. The van der Waals surface area contributed by atoms with E-state index in [9.17, 15) is 28.1 Å². The molecule has 1 aromatic carbocycles. The third-order valence-corrected chi connectivity index (χ3v) is 9.73. The Balaban J connectivity index is 1.43. The van der Waals surface area contributed by atoms with Crippen molar-refractivity contribution in [2.75, 3.05) is 45.6 Å². The van der Waals surface area contributed by atoms with Gasteiger partial charge in [-0.1, -0.05) is 0 Å². The summed E-state index contributed by atoms with van der Waals surface area (Å²) in [5, 5.41) is 18.0. The van der Waals surface area contributed by atoms with E-state index in [2.05, 4.69) is 16.4 Å². The molecule has 216 valence electrons. The largest absolute Gasteiger partial charge is 0.341 e. The van der Waals surface area contributed by atoms with Crippen molar-refractivity contribution in [1.29, 1.82) is 5.26 Å². The maximum atomic E-state index is 13.0. The number of benzene rings is 1. The van der Waals surface area contributed by atoms with E-state index in [0.717, 1.165) is 10.7 Å². The number of nitrogens with zero attached hydrogens (tertiary/aromatic N) is 6. The number of aromatic amines is 1. The average Bonchev–Trinajstić information content (AvgIpc) is 3.53. The summed E-state index contributed by atoms with van der Waals surface area (Å²) in [4.78, 5) is 44.0. The molecule has 2 amide bonds. The van der Waals surface area contributed by atoms with Gasteiger partial charge < -0.3 is 20.1 Å². The molecular weight excluding hydrogens is 548 g/mol. The van der Waals surface area contributed by atoms with Crippen molar-refractivity contribution in [3.05, 3.63) is 46.9 Å². The lowest BCUT2D eigenvalue weighted by molar-refractivity contribution is -0.139. The van der Waals surface area contributed by atoms with E-state index in [1.165, 1.54) is 32.4 Å². The van der Waals surface area contributed by atoms with Gasteiger partial charge in [0.2, 0.25) is 21.8 Å². The number of piperidine rings is 1. The summed E-state index contributed by atoms with van der Waals surface area (Å²) >= 11 is 0. The number of nitrogens with one attached hydrogen (secondary N) is 2. The van der Waals surface area contributed by atoms with Crippen LogP contribution in [0.1, 0.15) is 32.1 Å². The van der Waals surface area contributed by atoms with Crippen molar-refractivity contribution < 1.29 is 18.0 Å². The zero-order valence-corrected chi connectivity index (χ0v) is 23.8. The molecule has 2 aromatic heterocycles. The Morgan fingerprint density at radius 3 is 2.46 bits per heavy atom. The fraction of sp³-hybridized carbons (Fsp3) is 0.444. The van der Waals surface area contributed by atoms with E-state index in [1.54, 1.807) is 32.7 Å². The molecule has 41 heavy (non-hydrogen) atoms. The second kappa shape index (κ2) is 11.0. The Hall–Kier alpha value is -4.22. The van der Waals surface area contributed by atoms with Gasteiger partial charge in [0.05, 0.1) is 35.0 Å². The molecule has 4 heterocycles. The molecule has 2 saturated heterocycles. The van der Waals surface area contributed by atoms with Gasteiger partial charge in [-0.3, -0.25) is 19.1 Å². The molecule has 2 aliphatic rings. The molecule has 2 fully saturated rings. The van der Waals surface area contributed by atoms with Crippen LogP contribution in [0.3, 0.4) is 0 Å². The number of hydrogen-bond donors (Lipinski definition) is 2. The number of amides is 2. The van der Waals surface area contributed by atoms with Gasteiger partial charge in [0.25, 0.3) is 5.56 Å². The van der Waals surface area contributed by atoms with Gasteiger partial charge in [0, 0.05) is 52.0 Å². The van der Waals surface area contributed by atoms with Crippen molar-refractivity contribution in [2.24, 2.45) is 0 Å². The molecule has 14 heteroatoms. The lowest BCUT2D eigenvalue weighted by atomic mass is 9.84. The molecule has 5 rings (SSSR count). The summed E-state index contributed by atoms with van der Waals surface area (Å²) < 4.78 is 27.7. The highest BCUT2D eigenvalue weighted by Crippen LogP contribution is 2.37. The van der Waals surface area contributed by atoms with Crippen LogP contribution < -0.4 is 10.9 Å². The predicted molar refractivity (Wildman–Crippen MR) is 151 cm³/mol. The minimum Gasteiger partial charge on any atom is -0.341 e. The van der Waals surface area contributed by atoms with Crippen LogP contribution in [0.4, 0.5) is 11.5 Å². The molecule has 0 spiro atoms. The lowest BCUT2D eigenvalue weighted by Crippen LogP contribution is -2.50. The number of nitriles is 1. The van der Waals surface area contributed by atoms with Crippen LogP contribution in [0.25, 0.3) is 10.9 Å². The van der Waals surface area contributed by atoms with Crippen molar-refractivity contribution in [3.63, 3.8) is 0 Å². The minimum atomic E-state index is -3.60. The Morgan fingerprint density at radius 1 is 1.15 bits per heavy atom. The summed E-state index contributed by atoms with van der Waals surface area (Å²) in [6.45, 7) is 1.43. The molecule has 2 aliphatic heterocycles. The molecular formula is C27H32N8O5S. The zero-order valence-electron chi connectivity index (χ0n) is 23.0. The number of hydrogen-bond acceptors (Lipinski definition) is 8. The van der Waals surface area contributed by atoms with Gasteiger partial charge in [-0.25, -0.2) is 12.7 Å². The molecule has 2 N–H and O–H groups in total. The van der Waals surface area contributed by atoms with E-state index in [4.69, 9.17) is 5.10 Å². The predicted octanol–water partition coefficient (Wildman–Crippen LogP) is 1.57. The SMILES string of the molecule is CN(C)S(=O)(=O)c1ccc(Nc2nn(C3(CC#N)CCN(C(=O)CN4CCCC4=O)CC3)c3cc[nH]c(=O)c23)cc1. The zero-order chi connectivity index (χ0) is 29.4. The Morgan fingerprint density at radius 2 is 1.85 bits per heavy atom. The fourth-order valence-corrected chi connectivity index (χ4v) is 6.40. The van der Waals surface area contributed by atoms with Crippen LogP contribution in [0, 0.1) is 11.3 Å². The smallest absolute Gasteiger partial charge is 0.261 e. The van der Waals surface area contributed by atoms with Gasteiger partial charge in [-0.2, -0.15) is 10.4 Å². The second-order valence-corrected chi connectivity index (χ2v) is 12.8. The van der Waals surface area contributed by atoms with Gasteiger partial charge in [0.15, 0.2) is 5.82 Å². The van der Waals surface area contributed by atoms with E-state index >= 15 is 0 Å². The minimum absolute atomic E-state index is 0.00332. The van der Waals surface area contributed by atoms with Crippen molar-refractivity contribution in [2.45, 2.75) is 42.5 Å². The maximum absolute atomic E-state index is 13.0. The number of carbonyl (C=O) groups excluding carboxylic acids is 2. The quantitative estimate of drug-likeness (QED) is 0.405. The summed E-state index contributed by atoms with van der Waals surface area (Å²) in [5.74, 6) is 0.152. The Bertz CT molecular complexity index is 1680. The second-order valence-electron chi connectivity index (χ2n) is 10.6. The van der Waals surface area contributed by atoms with E-state index < -0.39 is 15.6 Å². The van der Waals surface area contributed by atoms with Crippen molar-refractivity contribution >= 4 is 44.2 Å². The topological polar surface area (TPSA) is 164 Å². The molecule has 3 aromatic rings. The average molecular weight is 581 g/mol. The number of likely N-dealkylation sites (tertiary alicyclic amines) is 2. The number of rotatable bonds is 8. The van der Waals surface area contributed by atoms with Crippen LogP contribution in [0.5, 0.6) is 0 Å². The first-order valence-corrected chi connectivity index (χ1v) is 14.8. The molecule has 0 atom stereocenters. The Labute approximate surface area is 237 Å². The highest BCUT2D eigenvalue weighted by Gasteiger charge is 2.40. The molecule has 0 saturated carbocycles. The van der Waals surface area contributed by atoms with Gasteiger partial charge >= 0.3 is 0 Å². The third-order valence-electron chi connectivity index (χ3n) is 7.90. The van der Waals surface area contributed by atoms with Crippen LogP contribution >= 0.6 is 0 Å². The van der Waals surface area contributed by atoms with E-state index in [-0.39, 0.29) is 41.1 Å². The van der Waals surface area contributed by atoms with Crippen molar-refractivity contribution in [3.8, 4) is 6.07 Å². The van der Waals surface area contributed by atoms with Gasteiger partial charge in [-0.05, 0) is 49.6 Å². The lowest BCUT2D eigenvalue weighted by Gasteiger charge is -2.41. The summed E-state index contributed by atoms with van der Waals surface area (Å²) in [7, 11) is -0.686. The van der Waals surface area contributed by atoms with Crippen LogP contribution in [0.2, 0.25) is 0 Å². The molecule has 0 unspecified atom stereocenters. The number of anilines is 2. The Kier molecular flexibility index (Phi) is 7.58. The maximum Gasteiger partial charge on any atom is 0.261 e. The van der Waals surface area contributed by atoms with Crippen LogP contribution in [0.15, 0.2) is 46.2 Å². The normalized spacial score (nSPS) is 17.3. The van der Waals surface area contributed by atoms with Gasteiger partial charge in [0.1, 0.15) is 5.39 Å². The van der Waals surface area contributed by atoms with Crippen molar-refractivity contribution in [1.82, 2.24) is 28.9 Å². The summed E-state index contributed by atoms with van der Waals surface area (Å²) in [6, 6.07) is 10.1. The monoisotopic (exact) mass is 580 g/mol. The van der Waals surface area contributed by atoms with E-state index in [1.807, 2.05) is 0 Å². The number of sulfonamides is 1. The number of H-pyrrole nitrogens is 1. The van der Waals surface area contributed by atoms with Gasteiger partial charge in [-0.15, -0.1) is 0 Å². The number of carbonyl (C=O) groups is 2. The summed E-state index contributed by atoms with van der Waals surface area (Å²) in [5.41, 5.74) is -0.0486. The number of pyridine rings is 1. The molecule has 0 bridgehead atoms. The highest BCUT2D eigenvalue weighted by atomic mass is 32.2. The van der Waals surface area contributed by atoms with E-state index in [0.29, 0.717) is 55.5 Å². The van der Waals surface area contributed by atoms with Crippen LogP contribution in [-0.2, 0) is 25.2 Å². The first-order chi connectivity index (χ1) is 19.6. The third kappa shape index (κ3) is 5.30. The first kappa shape index (κ1) is 28.3. The standard InChI is InChI=1S/C27H32N8O5S/c1-32(2)41(39,40)20-7-5-19(6-8-20)30-25-24-21(9-14-29-26(24)38)35(31-25)27(10-13-28)11-16-33(17-12-27)23(37)18-34-15-3-4-22(34)36/h5-9,14H,3-4,10-12,15-18H2,1-2H3,(H,29,38)(H,30,31). The van der Waals surface area contributed by atoms with Crippen LogP contribution in [-0.4, -0.2) is 89.4 Å². The number of fused-ring (bicyclic) bond motifs is 1. The first-order valence-electron chi connectivity index (χ1n) is 13.4. The molecule has 0 aliphatic carbocycles. The highest BCUT2D eigenvalue weighted by molar-refractivity contribution is 7.89. The fourth-order valence-electron chi connectivity index (χ4n) is 5.50. The number of aromatic nitrogens is 3. The molecule has 0 radical (unpaired) electrons.